The van der Waals surface area contributed by atoms with Crippen LogP contribution in [0.3, 0.4) is 0 Å². The molecule has 0 amide bonds. The fraction of sp³-hybridized carbons (Fsp3) is 0.150. The van der Waals surface area contributed by atoms with Crippen LogP contribution in [0.25, 0.3) is 22.1 Å². The first-order chi connectivity index (χ1) is 11.7. The van der Waals surface area contributed by atoms with E-state index in [2.05, 4.69) is 64.3 Å². The van der Waals surface area contributed by atoms with Crippen molar-refractivity contribution in [2.45, 2.75) is 6.92 Å². The highest BCUT2D eigenvalue weighted by Crippen LogP contribution is 2.43. The van der Waals surface area contributed by atoms with Gasteiger partial charge >= 0.3 is 0 Å². The molecule has 3 heterocycles. The molecule has 0 radical (unpaired) electrons. The molecule has 2 aromatic carbocycles. The standard InChI is InChI=1S/C20H17N3O/c1-13-10-11-18-19(21-13)14-6-5-9-17(20(14)24-18)23-12-22(2)15-7-3-4-8-16(15)23/h3-11H,12H2,1-2H3. The number of furan rings is 1. The summed E-state index contributed by atoms with van der Waals surface area (Å²) in [5.74, 6) is 0. The van der Waals surface area contributed by atoms with E-state index < -0.39 is 0 Å². The van der Waals surface area contributed by atoms with E-state index in [1.807, 2.05) is 19.1 Å². The first-order valence-electron chi connectivity index (χ1n) is 8.09. The lowest BCUT2D eigenvalue weighted by molar-refractivity contribution is 0.667. The Bertz CT molecular complexity index is 1080. The Balaban J connectivity index is 1.78. The van der Waals surface area contributed by atoms with Gasteiger partial charge in [0.2, 0.25) is 0 Å². The van der Waals surface area contributed by atoms with Crippen molar-refractivity contribution in [2.75, 3.05) is 23.5 Å². The number of fused-ring (bicyclic) bond motifs is 4. The number of para-hydroxylation sites is 3. The minimum Gasteiger partial charge on any atom is -0.452 e. The Labute approximate surface area is 139 Å². The molecule has 4 nitrogen and oxygen atoms in total. The molecule has 0 unspecified atom stereocenters. The van der Waals surface area contributed by atoms with Crippen LogP contribution in [-0.2, 0) is 0 Å². The number of hydrogen-bond donors (Lipinski definition) is 0. The number of aromatic nitrogens is 1. The molecule has 0 spiro atoms. The Morgan fingerprint density at radius 2 is 1.71 bits per heavy atom. The average Bonchev–Trinajstić information content (AvgIpc) is 3.13. The summed E-state index contributed by atoms with van der Waals surface area (Å²) in [6.07, 6.45) is 0. The molecule has 24 heavy (non-hydrogen) atoms. The van der Waals surface area contributed by atoms with Crippen molar-refractivity contribution >= 4 is 39.1 Å². The van der Waals surface area contributed by atoms with Gasteiger partial charge in [0.05, 0.1) is 23.7 Å². The molecule has 1 aliphatic heterocycles. The predicted molar refractivity (Wildman–Crippen MR) is 98.1 cm³/mol. The SMILES string of the molecule is Cc1ccc2oc3c(N4CN(C)c5ccccc54)cccc3c2n1. The number of pyridine rings is 1. The van der Waals surface area contributed by atoms with Crippen molar-refractivity contribution in [3.8, 4) is 0 Å². The largest absolute Gasteiger partial charge is 0.452 e. The topological polar surface area (TPSA) is 32.5 Å². The van der Waals surface area contributed by atoms with Crippen LogP contribution in [0.15, 0.2) is 59.0 Å². The van der Waals surface area contributed by atoms with E-state index in [0.717, 1.165) is 40.1 Å². The van der Waals surface area contributed by atoms with Crippen LogP contribution in [-0.4, -0.2) is 18.7 Å². The molecule has 0 N–H and O–H groups in total. The lowest BCUT2D eigenvalue weighted by Gasteiger charge is -2.19. The molecule has 5 rings (SSSR count). The van der Waals surface area contributed by atoms with E-state index in [0.29, 0.717) is 0 Å². The van der Waals surface area contributed by atoms with Crippen molar-refractivity contribution in [3.63, 3.8) is 0 Å². The van der Waals surface area contributed by atoms with E-state index >= 15 is 0 Å². The van der Waals surface area contributed by atoms with E-state index in [-0.39, 0.29) is 0 Å². The minimum absolute atomic E-state index is 0.808. The summed E-state index contributed by atoms with van der Waals surface area (Å²) in [5, 5.41) is 1.07. The maximum Gasteiger partial charge on any atom is 0.160 e. The third-order valence-electron chi connectivity index (χ3n) is 4.69. The van der Waals surface area contributed by atoms with Crippen molar-refractivity contribution in [3.05, 3.63) is 60.3 Å². The van der Waals surface area contributed by atoms with Crippen molar-refractivity contribution < 1.29 is 4.42 Å². The van der Waals surface area contributed by atoms with Gasteiger partial charge in [0.1, 0.15) is 5.52 Å². The molecule has 118 valence electrons. The highest BCUT2D eigenvalue weighted by molar-refractivity contribution is 6.08. The fourth-order valence-corrected chi connectivity index (χ4v) is 3.55. The highest BCUT2D eigenvalue weighted by atomic mass is 16.3. The van der Waals surface area contributed by atoms with Crippen molar-refractivity contribution in [1.29, 1.82) is 0 Å². The van der Waals surface area contributed by atoms with Crippen LogP contribution in [0, 0.1) is 6.92 Å². The third kappa shape index (κ3) is 1.77. The van der Waals surface area contributed by atoms with Gasteiger partial charge in [-0.1, -0.05) is 18.2 Å². The highest BCUT2D eigenvalue weighted by Gasteiger charge is 2.26. The van der Waals surface area contributed by atoms with Crippen molar-refractivity contribution in [2.24, 2.45) is 0 Å². The molecule has 1 aliphatic rings. The van der Waals surface area contributed by atoms with Gasteiger partial charge in [-0.2, -0.15) is 0 Å². The molecule has 0 fully saturated rings. The molecule has 4 aromatic rings. The zero-order valence-electron chi connectivity index (χ0n) is 13.7. The Morgan fingerprint density at radius 1 is 0.917 bits per heavy atom. The number of rotatable bonds is 1. The summed E-state index contributed by atoms with van der Waals surface area (Å²) >= 11 is 0. The summed E-state index contributed by atoms with van der Waals surface area (Å²) in [7, 11) is 2.11. The van der Waals surface area contributed by atoms with Crippen LogP contribution in [0.5, 0.6) is 0 Å². The van der Waals surface area contributed by atoms with Gasteiger partial charge in [-0.05, 0) is 43.3 Å². The maximum absolute atomic E-state index is 6.18. The van der Waals surface area contributed by atoms with Crippen LogP contribution in [0.4, 0.5) is 17.1 Å². The fourth-order valence-electron chi connectivity index (χ4n) is 3.55. The molecular weight excluding hydrogens is 298 g/mol. The normalized spacial score (nSPS) is 13.9. The van der Waals surface area contributed by atoms with E-state index in [1.54, 1.807) is 0 Å². The van der Waals surface area contributed by atoms with Crippen molar-refractivity contribution in [1.82, 2.24) is 4.98 Å². The summed E-state index contributed by atoms with van der Waals surface area (Å²) in [6.45, 7) is 2.82. The van der Waals surface area contributed by atoms with Crippen LogP contribution in [0.2, 0.25) is 0 Å². The smallest absolute Gasteiger partial charge is 0.160 e. The first-order valence-corrected chi connectivity index (χ1v) is 8.09. The van der Waals surface area contributed by atoms with Gasteiger partial charge in [-0.15, -0.1) is 0 Å². The van der Waals surface area contributed by atoms with Crippen LogP contribution in [0.1, 0.15) is 5.69 Å². The zero-order valence-corrected chi connectivity index (χ0v) is 13.7. The summed E-state index contributed by atoms with van der Waals surface area (Å²) < 4.78 is 6.18. The molecule has 0 saturated heterocycles. The van der Waals surface area contributed by atoms with Crippen LogP contribution < -0.4 is 9.80 Å². The number of hydrogen-bond acceptors (Lipinski definition) is 4. The summed E-state index contributed by atoms with van der Waals surface area (Å²) in [5.41, 5.74) is 7.20. The van der Waals surface area contributed by atoms with Crippen LogP contribution >= 0.6 is 0 Å². The Hall–Kier alpha value is -3.01. The molecule has 2 aromatic heterocycles. The lowest BCUT2D eigenvalue weighted by Crippen LogP contribution is -2.24. The van der Waals surface area contributed by atoms with Gasteiger partial charge in [0.25, 0.3) is 0 Å². The third-order valence-corrected chi connectivity index (χ3v) is 4.69. The molecule has 0 aliphatic carbocycles. The molecule has 0 atom stereocenters. The average molecular weight is 315 g/mol. The van der Waals surface area contributed by atoms with Gasteiger partial charge in [-0.25, -0.2) is 4.98 Å². The van der Waals surface area contributed by atoms with Gasteiger partial charge in [0, 0.05) is 18.1 Å². The number of anilines is 3. The summed E-state index contributed by atoms with van der Waals surface area (Å²) in [6, 6.07) is 18.7. The minimum atomic E-state index is 0.808. The van der Waals surface area contributed by atoms with E-state index in [4.69, 9.17) is 4.42 Å². The molecular formula is C20H17N3O. The summed E-state index contributed by atoms with van der Waals surface area (Å²) in [4.78, 5) is 9.22. The second-order valence-corrected chi connectivity index (χ2v) is 6.31. The van der Waals surface area contributed by atoms with Gasteiger partial charge in [-0.3, -0.25) is 0 Å². The quantitative estimate of drug-likeness (QED) is 0.503. The number of aryl methyl sites for hydroxylation is 1. The molecule has 0 bridgehead atoms. The Morgan fingerprint density at radius 3 is 2.58 bits per heavy atom. The monoisotopic (exact) mass is 315 g/mol. The second-order valence-electron chi connectivity index (χ2n) is 6.31. The molecule has 4 heteroatoms. The van der Waals surface area contributed by atoms with Gasteiger partial charge in [0.15, 0.2) is 11.2 Å². The van der Waals surface area contributed by atoms with E-state index in [9.17, 15) is 0 Å². The number of benzene rings is 2. The Kier molecular flexibility index (Phi) is 2.65. The second kappa shape index (κ2) is 4.74. The number of nitrogens with zero attached hydrogens (tertiary/aromatic N) is 3. The van der Waals surface area contributed by atoms with Gasteiger partial charge < -0.3 is 14.2 Å². The maximum atomic E-state index is 6.18. The zero-order chi connectivity index (χ0) is 16.3. The van der Waals surface area contributed by atoms with E-state index in [1.165, 1.54) is 11.4 Å². The predicted octanol–water partition coefficient (Wildman–Crippen LogP) is 4.83. The lowest BCUT2D eigenvalue weighted by atomic mass is 10.2. The first kappa shape index (κ1) is 13.4. The molecule has 0 saturated carbocycles.